The Morgan fingerprint density at radius 1 is 1.38 bits per heavy atom. The van der Waals surface area contributed by atoms with E-state index in [4.69, 9.17) is 11.6 Å². The van der Waals surface area contributed by atoms with Crippen molar-refractivity contribution in [3.05, 3.63) is 57.5 Å². The van der Waals surface area contributed by atoms with Gasteiger partial charge in [0.25, 0.3) is 5.56 Å². The number of rotatable bonds is 6. The lowest BCUT2D eigenvalue weighted by atomic mass is 9.98. The number of hydrogen-bond donors (Lipinski definition) is 3. The Kier molecular flexibility index (Phi) is 5.36. The number of halogens is 1. The molecule has 0 fully saturated rings. The van der Waals surface area contributed by atoms with Gasteiger partial charge in [0, 0.05) is 0 Å². The minimum atomic E-state index is -0.693. The summed E-state index contributed by atoms with van der Waals surface area (Å²) in [5, 5.41) is 19.7. The third kappa shape index (κ3) is 3.83. The zero-order valence-corrected chi connectivity index (χ0v) is 12.5. The summed E-state index contributed by atoms with van der Waals surface area (Å²) in [7, 11) is 0. The number of nitrogens with one attached hydrogen (secondary N) is 2. The Hall–Kier alpha value is -1.85. The molecule has 3 N–H and O–H groups in total. The number of H-pyrrole nitrogens is 1. The second kappa shape index (κ2) is 7.24. The molecule has 21 heavy (non-hydrogen) atoms. The fraction of sp³-hybridized carbons (Fsp3) is 0.333. The van der Waals surface area contributed by atoms with Gasteiger partial charge in [0.2, 0.25) is 0 Å². The van der Waals surface area contributed by atoms with Crippen LogP contribution in [0, 0.1) is 0 Å². The van der Waals surface area contributed by atoms with E-state index in [0.717, 1.165) is 18.4 Å². The summed E-state index contributed by atoms with van der Waals surface area (Å²) in [4.78, 5) is 11.5. The number of aromatic nitrogens is 2. The van der Waals surface area contributed by atoms with Gasteiger partial charge in [0.1, 0.15) is 5.02 Å². The molecule has 1 aromatic heterocycles. The standard InChI is InChI=1S/C15H18ClN3O2/c1-2-6-11(14(20)10-7-4-3-5-8-10)18-12-9-17-19-15(21)13(12)16/h3-5,7-9,11,14,20H,2,6H2,1H3,(H2,18,19,21)/t11-,14-/m0/s1. The molecule has 0 aliphatic carbocycles. The normalized spacial score (nSPS) is 13.7. The fourth-order valence-corrected chi connectivity index (χ4v) is 2.33. The van der Waals surface area contributed by atoms with Crippen LogP contribution in [0.2, 0.25) is 5.02 Å². The first-order valence-corrected chi connectivity index (χ1v) is 7.24. The lowest BCUT2D eigenvalue weighted by Crippen LogP contribution is -2.28. The van der Waals surface area contributed by atoms with Crippen molar-refractivity contribution in [3.8, 4) is 0 Å². The van der Waals surface area contributed by atoms with Gasteiger partial charge in [-0.3, -0.25) is 4.79 Å². The molecule has 0 spiro atoms. The molecule has 5 nitrogen and oxygen atoms in total. The van der Waals surface area contributed by atoms with E-state index in [0.29, 0.717) is 5.69 Å². The molecule has 1 aromatic carbocycles. The first-order chi connectivity index (χ1) is 10.1. The van der Waals surface area contributed by atoms with Crippen LogP contribution in [0.5, 0.6) is 0 Å². The maximum atomic E-state index is 11.5. The second-order valence-electron chi connectivity index (χ2n) is 4.82. The predicted octanol–water partition coefficient (Wildman–Crippen LogP) is 2.74. The Morgan fingerprint density at radius 2 is 2.10 bits per heavy atom. The Labute approximate surface area is 128 Å². The lowest BCUT2D eigenvalue weighted by molar-refractivity contribution is 0.150. The molecule has 2 aromatic rings. The SMILES string of the molecule is CCC[C@H](Nc1cn[nH]c(=O)c1Cl)[C@@H](O)c1ccccc1. The Bertz CT molecular complexity index is 630. The van der Waals surface area contributed by atoms with Crippen LogP contribution in [0.4, 0.5) is 5.69 Å². The van der Waals surface area contributed by atoms with E-state index < -0.39 is 11.7 Å². The first kappa shape index (κ1) is 15.5. The van der Waals surface area contributed by atoms with Crippen molar-refractivity contribution in [1.82, 2.24) is 10.2 Å². The Balaban J connectivity index is 2.23. The number of aliphatic hydroxyl groups is 1. The van der Waals surface area contributed by atoms with Gasteiger partial charge >= 0.3 is 0 Å². The highest BCUT2D eigenvalue weighted by Gasteiger charge is 2.21. The van der Waals surface area contributed by atoms with E-state index in [1.54, 1.807) is 0 Å². The molecule has 0 amide bonds. The molecular formula is C15H18ClN3O2. The zero-order chi connectivity index (χ0) is 15.2. The third-order valence-corrected chi connectivity index (χ3v) is 3.63. The third-order valence-electron chi connectivity index (χ3n) is 3.26. The zero-order valence-electron chi connectivity index (χ0n) is 11.7. The molecule has 0 aliphatic rings. The summed E-state index contributed by atoms with van der Waals surface area (Å²) >= 11 is 5.96. The maximum Gasteiger partial charge on any atom is 0.285 e. The summed E-state index contributed by atoms with van der Waals surface area (Å²) in [5.41, 5.74) is 0.789. The van der Waals surface area contributed by atoms with Crippen LogP contribution in [-0.2, 0) is 0 Å². The predicted molar refractivity (Wildman–Crippen MR) is 83.6 cm³/mol. The van der Waals surface area contributed by atoms with Crippen LogP contribution < -0.4 is 10.9 Å². The monoisotopic (exact) mass is 307 g/mol. The van der Waals surface area contributed by atoms with Crippen molar-refractivity contribution >= 4 is 17.3 Å². The molecule has 0 saturated heterocycles. The quantitative estimate of drug-likeness (QED) is 0.767. The van der Waals surface area contributed by atoms with Crippen molar-refractivity contribution < 1.29 is 5.11 Å². The number of benzene rings is 1. The smallest absolute Gasteiger partial charge is 0.285 e. The summed E-state index contributed by atoms with van der Waals surface area (Å²) in [6.45, 7) is 2.03. The largest absolute Gasteiger partial charge is 0.386 e. The molecule has 0 aliphatic heterocycles. The van der Waals surface area contributed by atoms with Crippen LogP contribution in [0.25, 0.3) is 0 Å². The van der Waals surface area contributed by atoms with Crippen molar-refractivity contribution in [1.29, 1.82) is 0 Å². The number of aromatic amines is 1. The van der Waals surface area contributed by atoms with Crippen LogP contribution in [-0.4, -0.2) is 21.3 Å². The van der Waals surface area contributed by atoms with Gasteiger partial charge in [-0.1, -0.05) is 55.3 Å². The minimum absolute atomic E-state index is 0.0476. The molecule has 0 bridgehead atoms. The van der Waals surface area contributed by atoms with E-state index >= 15 is 0 Å². The number of anilines is 1. The van der Waals surface area contributed by atoms with Gasteiger partial charge < -0.3 is 10.4 Å². The summed E-state index contributed by atoms with van der Waals surface area (Å²) in [5.74, 6) is 0. The average molecular weight is 308 g/mol. The molecule has 0 unspecified atom stereocenters. The minimum Gasteiger partial charge on any atom is -0.386 e. The fourth-order valence-electron chi connectivity index (χ4n) is 2.19. The van der Waals surface area contributed by atoms with E-state index in [2.05, 4.69) is 15.5 Å². The highest BCUT2D eigenvalue weighted by Crippen LogP contribution is 2.25. The van der Waals surface area contributed by atoms with E-state index in [-0.39, 0.29) is 11.1 Å². The molecule has 1 heterocycles. The van der Waals surface area contributed by atoms with Crippen molar-refractivity contribution in [2.45, 2.75) is 31.9 Å². The number of nitrogens with zero attached hydrogens (tertiary/aromatic N) is 1. The number of aliphatic hydroxyl groups excluding tert-OH is 1. The van der Waals surface area contributed by atoms with E-state index in [1.807, 2.05) is 37.3 Å². The van der Waals surface area contributed by atoms with Gasteiger partial charge in [-0.15, -0.1) is 0 Å². The van der Waals surface area contributed by atoms with Gasteiger partial charge in [-0.25, -0.2) is 5.10 Å². The lowest BCUT2D eigenvalue weighted by Gasteiger charge is -2.25. The molecule has 0 radical (unpaired) electrons. The van der Waals surface area contributed by atoms with Crippen molar-refractivity contribution in [2.24, 2.45) is 0 Å². The molecule has 6 heteroatoms. The highest BCUT2D eigenvalue weighted by molar-refractivity contribution is 6.32. The van der Waals surface area contributed by atoms with Crippen LogP contribution in [0.1, 0.15) is 31.4 Å². The van der Waals surface area contributed by atoms with Gasteiger partial charge in [-0.2, -0.15) is 5.10 Å². The summed E-state index contributed by atoms with van der Waals surface area (Å²) in [6.07, 6.45) is 2.38. The first-order valence-electron chi connectivity index (χ1n) is 6.86. The van der Waals surface area contributed by atoms with E-state index in [9.17, 15) is 9.90 Å². The van der Waals surface area contributed by atoms with Crippen LogP contribution in [0.3, 0.4) is 0 Å². The second-order valence-corrected chi connectivity index (χ2v) is 5.20. The molecule has 2 atom stereocenters. The molecule has 0 saturated carbocycles. The van der Waals surface area contributed by atoms with Crippen LogP contribution >= 0.6 is 11.6 Å². The van der Waals surface area contributed by atoms with Crippen molar-refractivity contribution in [3.63, 3.8) is 0 Å². The van der Waals surface area contributed by atoms with Crippen molar-refractivity contribution in [2.75, 3.05) is 5.32 Å². The maximum absolute atomic E-state index is 11.5. The average Bonchev–Trinajstić information content (AvgIpc) is 2.51. The summed E-state index contributed by atoms with van der Waals surface area (Å²) < 4.78 is 0. The van der Waals surface area contributed by atoms with Gasteiger partial charge in [-0.05, 0) is 12.0 Å². The molecule has 112 valence electrons. The molecular weight excluding hydrogens is 290 g/mol. The summed E-state index contributed by atoms with van der Waals surface area (Å²) in [6, 6.07) is 9.14. The van der Waals surface area contributed by atoms with E-state index in [1.165, 1.54) is 6.20 Å². The van der Waals surface area contributed by atoms with Gasteiger partial charge in [0.05, 0.1) is 24.0 Å². The van der Waals surface area contributed by atoms with Crippen LogP contribution in [0.15, 0.2) is 41.3 Å². The Morgan fingerprint density at radius 3 is 2.76 bits per heavy atom. The topological polar surface area (TPSA) is 78.0 Å². The number of hydrogen-bond acceptors (Lipinski definition) is 4. The highest BCUT2D eigenvalue weighted by atomic mass is 35.5. The molecule has 2 rings (SSSR count). The van der Waals surface area contributed by atoms with Gasteiger partial charge in [0.15, 0.2) is 0 Å².